The minimum absolute atomic E-state index is 0.000843. The lowest BCUT2D eigenvalue weighted by Crippen LogP contribution is -2.49. The number of ether oxygens (including phenoxy) is 2. The number of amides is 1. The van der Waals surface area contributed by atoms with Crippen molar-refractivity contribution in [3.8, 4) is 11.5 Å². The molecule has 0 unspecified atom stereocenters. The van der Waals surface area contributed by atoms with Gasteiger partial charge in [-0.2, -0.15) is 0 Å². The quantitative estimate of drug-likeness (QED) is 0.741. The van der Waals surface area contributed by atoms with Crippen LogP contribution in [0.3, 0.4) is 0 Å². The topological polar surface area (TPSA) is 54.9 Å². The molecule has 0 aliphatic carbocycles. The fourth-order valence-corrected chi connectivity index (χ4v) is 3.49. The summed E-state index contributed by atoms with van der Waals surface area (Å²) in [5.41, 5.74) is 3.14. The zero-order chi connectivity index (χ0) is 20.1. The average Bonchev–Trinajstić information content (AvgIpc) is 2.70. The third-order valence-electron chi connectivity index (χ3n) is 5.02. The summed E-state index contributed by atoms with van der Waals surface area (Å²) in [6.45, 7) is 7.83. The Labute approximate surface area is 171 Å². The molecule has 1 aliphatic rings. The molecule has 1 amide bonds. The van der Waals surface area contributed by atoms with E-state index in [2.05, 4.69) is 9.88 Å². The van der Waals surface area contributed by atoms with E-state index < -0.39 is 0 Å². The second-order valence-corrected chi connectivity index (χ2v) is 7.38. The van der Waals surface area contributed by atoms with Crippen molar-refractivity contribution in [2.45, 2.75) is 20.4 Å². The van der Waals surface area contributed by atoms with Gasteiger partial charge in [0.05, 0.1) is 12.8 Å². The molecule has 0 bridgehead atoms. The highest BCUT2D eigenvalue weighted by Gasteiger charge is 2.22. The van der Waals surface area contributed by atoms with E-state index in [0.717, 1.165) is 42.2 Å². The van der Waals surface area contributed by atoms with Crippen LogP contribution >= 0.6 is 11.6 Å². The average molecular weight is 404 g/mol. The molecule has 2 aromatic rings. The molecule has 28 heavy (non-hydrogen) atoms. The van der Waals surface area contributed by atoms with E-state index in [0.29, 0.717) is 23.9 Å². The number of pyridine rings is 1. The van der Waals surface area contributed by atoms with E-state index in [9.17, 15) is 4.79 Å². The van der Waals surface area contributed by atoms with Crippen molar-refractivity contribution in [1.29, 1.82) is 0 Å². The molecule has 1 fully saturated rings. The highest BCUT2D eigenvalue weighted by atomic mass is 35.5. The third-order valence-corrected chi connectivity index (χ3v) is 5.28. The van der Waals surface area contributed by atoms with E-state index in [1.54, 1.807) is 31.4 Å². The lowest BCUT2D eigenvalue weighted by Gasteiger charge is -2.34. The van der Waals surface area contributed by atoms with E-state index in [4.69, 9.17) is 21.1 Å². The van der Waals surface area contributed by atoms with Crippen LogP contribution in [0.1, 0.15) is 16.8 Å². The molecular weight excluding hydrogens is 378 g/mol. The van der Waals surface area contributed by atoms with Gasteiger partial charge in [-0.3, -0.25) is 14.7 Å². The fraction of sp³-hybridized carbons (Fsp3) is 0.429. The van der Waals surface area contributed by atoms with Crippen molar-refractivity contribution >= 4 is 17.5 Å². The first-order valence-electron chi connectivity index (χ1n) is 9.35. The smallest absolute Gasteiger partial charge is 0.260 e. The Kier molecular flexibility index (Phi) is 6.75. The van der Waals surface area contributed by atoms with Gasteiger partial charge in [-0.25, -0.2) is 0 Å². The van der Waals surface area contributed by atoms with E-state index in [-0.39, 0.29) is 12.5 Å². The van der Waals surface area contributed by atoms with E-state index in [1.807, 2.05) is 24.9 Å². The number of hydrogen-bond donors (Lipinski definition) is 0. The summed E-state index contributed by atoms with van der Waals surface area (Å²) in [5.74, 6) is 1.55. The number of methoxy groups -OCH3 is 1. The maximum absolute atomic E-state index is 12.4. The fourth-order valence-electron chi connectivity index (χ4n) is 3.36. The number of piperazine rings is 1. The Morgan fingerprint density at radius 1 is 1.14 bits per heavy atom. The van der Waals surface area contributed by atoms with Crippen molar-refractivity contribution in [2.75, 3.05) is 39.9 Å². The van der Waals surface area contributed by atoms with Crippen LogP contribution in [0.25, 0.3) is 0 Å². The molecule has 0 saturated carbocycles. The summed E-state index contributed by atoms with van der Waals surface area (Å²) in [7, 11) is 1.69. The van der Waals surface area contributed by atoms with Crippen LogP contribution in [-0.2, 0) is 11.3 Å². The van der Waals surface area contributed by atoms with Crippen molar-refractivity contribution in [2.24, 2.45) is 0 Å². The molecule has 3 rings (SSSR count). The molecule has 0 radical (unpaired) electrons. The van der Waals surface area contributed by atoms with Crippen LogP contribution < -0.4 is 9.47 Å². The second kappa shape index (κ2) is 9.26. The predicted molar refractivity (Wildman–Crippen MR) is 109 cm³/mol. The van der Waals surface area contributed by atoms with Gasteiger partial charge in [-0.15, -0.1) is 0 Å². The van der Waals surface area contributed by atoms with Crippen LogP contribution in [0.4, 0.5) is 0 Å². The SMILES string of the molecule is COc1c(C)cnc(CN2CCN(C(=O)COc3ccc(Cl)cc3)CC2)c1C. The van der Waals surface area contributed by atoms with Gasteiger partial charge < -0.3 is 14.4 Å². The van der Waals surface area contributed by atoms with E-state index >= 15 is 0 Å². The Bertz CT molecular complexity index is 818. The summed E-state index contributed by atoms with van der Waals surface area (Å²) in [5, 5.41) is 0.644. The van der Waals surface area contributed by atoms with Gasteiger partial charge >= 0.3 is 0 Å². The Morgan fingerprint density at radius 2 is 1.82 bits per heavy atom. The number of hydrogen-bond acceptors (Lipinski definition) is 5. The number of benzene rings is 1. The van der Waals surface area contributed by atoms with Crippen LogP contribution in [0.5, 0.6) is 11.5 Å². The molecule has 1 aromatic carbocycles. The zero-order valence-electron chi connectivity index (χ0n) is 16.6. The van der Waals surface area contributed by atoms with Crippen LogP contribution in [0.2, 0.25) is 5.02 Å². The zero-order valence-corrected chi connectivity index (χ0v) is 17.3. The van der Waals surface area contributed by atoms with Crippen molar-refractivity contribution in [3.63, 3.8) is 0 Å². The van der Waals surface area contributed by atoms with Gasteiger partial charge in [0.25, 0.3) is 5.91 Å². The first-order chi connectivity index (χ1) is 13.5. The van der Waals surface area contributed by atoms with Crippen LogP contribution in [0, 0.1) is 13.8 Å². The van der Waals surface area contributed by atoms with Gasteiger partial charge in [0, 0.05) is 55.1 Å². The Balaban J connectivity index is 1.49. The monoisotopic (exact) mass is 403 g/mol. The summed E-state index contributed by atoms with van der Waals surface area (Å²) in [6.07, 6.45) is 1.86. The largest absolute Gasteiger partial charge is 0.496 e. The van der Waals surface area contributed by atoms with Crippen LogP contribution in [0.15, 0.2) is 30.5 Å². The maximum Gasteiger partial charge on any atom is 0.260 e. The molecule has 6 nitrogen and oxygen atoms in total. The normalized spacial score (nSPS) is 14.8. The molecule has 1 aliphatic heterocycles. The maximum atomic E-state index is 12.4. The molecule has 7 heteroatoms. The molecular formula is C21H26ClN3O3. The highest BCUT2D eigenvalue weighted by molar-refractivity contribution is 6.30. The highest BCUT2D eigenvalue weighted by Crippen LogP contribution is 2.25. The number of aryl methyl sites for hydroxylation is 1. The lowest BCUT2D eigenvalue weighted by atomic mass is 10.1. The van der Waals surface area contributed by atoms with Gasteiger partial charge in [-0.1, -0.05) is 11.6 Å². The van der Waals surface area contributed by atoms with Crippen molar-refractivity contribution in [3.05, 3.63) is 52.3 Å². The van der Waals surface area contributed by atoms with Crippen LogP contribution in [-0.4, -0.2) is 60.6 Å². The Morgan fingerprint density at radius 3 is 2.46 bits per heavy atom. The number of halogens is 1. The molecule has 1 saturated heterocycles. The van der Waals surface area contributed by atoms with Gasteiger partial charge in [0.15, 0.2) is 6.61 Å². The summed E-state index contributed by atoms with van der Waals surface area (Å²) in [4.78, 5) is 21.1. The number of aromatic nitrogens is 1. The minimum Gasteiger partial charge on any atom is -0.496 e. The summed E-state index contributed by atoms with van der Waals surface area (Å²) in [6, 6.07) is 7.02. The van der Waals surface area contributed by atoms with Gasteiger partial charge in [-0.05, 0) is 38.1 Å². The minimum atomic E-state index is 0.000843. The van der Waals surface area contributed by atoms with Crippen molar-refractivity contribution < 1.29 is 14.3 Å². The standard InChI is InChI=1S/C21H26ClN3O3/c1-15-12-23-19(16(2)21(15)27-3)13-24-8-10-25(11-9-24)20(26)14-28-18-6-4-17(22)5-7-18/h4-7,12H,8-11,13-14H2,1-3H3. The first-order valence-corrected chi connectivity index (χ1v) is 9.73. The summed E-state index contributed by atoms with van der Waals surface area (Å²) < 4.78 is 11.1. The number of rotatable bonds is 6. The summed E-state index contributed by atoms with van der Waals surface area (Å²) >= 11 is 5.86. The molecule has 0 atom stereocenters. The number of carbonyl (C=O) groups is 1. The predicted octanol–water partition coefficient (Wildman–Crippen LogP) is 3.08. The van der Waals surface area contributed by atoms with Gasteiger partial charge in [0.2, 0.25) is 0 Å². The Hall–Kier alpha value is -2.31. The number of nitrogens with zero attached hydrogens (tertiary/aromatic N) is 3. The number of carbonyl (C=O) groups excluding carboxylic acids is 1. The molecule has 0 spiro atoms. The lowest BCUT2D eigenvalue weighted by molar-refractivity contribution is -0.135. The second-order valence-electron chi connectivity index (χ2n) is 6.95. The van der Waals surface area contributed by atoms with Crippen molar-refractivity contribution in [1.82, 2.24) is 14.8 Å². The van der Waals surface area contributed by atoms with E-state index in [1.165, 1.54) is 0 Å². The third kappa shape index (κ3) is 4.94. The molecule has 150 valence electrons. The molecule has 0 N–H and O–H groups in total. The molecule has 1 aromatic heterocycles. The van der Waals surface area contributed by atoms with Gasteiger partial charge in [0.1, 0.15) is 11.5 Å². The first kappa shape index (κ1) is 20.4. The molecule has 2 heterocycles.